The maximum atomic E-state index is 13.8. The van der Waals surface area contributed by atoms with Crippen molar-refractivity contribution < 1.29 is 49.9 Å². The number of nitrogens with one attached hydrogen (secondary N) is 3. The fourth-order valence-corrected chi connectivity index (χ4v) is 17.7. The van der Waals surface area contributed by atoms with E-state index in [1.807, 2.05) is 121 Å². The molecule has 18 rings (SSSR count). The molecule has 670 valence electrons. The number of nitrogens with zero attached hydrogens (tertiary/aromatic N) is 8. The second kappa shape index (κ2) is 41.8. The highest BCUT2D eigenvalue weighted by Gasteiger charge is 2.43. The molecule has 0 bridgehead atoms. The van der Waals surface area contributed by atoms with Crippen LogP contribution in [-0.2, 0) is 92.3 Å². The Labute approximate surface area is 756 Å². The molecule has 9 aromatic carbocycles. The van der Waals surface area contributed by atoms with Gasteiger partial charge in [0, 0.05) is 34.1 Å². The molecule has 3 aliphatic rings. The quantitative estimate of drug-likeness (QED) is 0.0278. The zero-order chi connectivity index (χ0) is 93.9. The van der Waals surface area contributed by atoms with Crippen LogP contribution in [0.25, 0.3) is 49.8 Å². The van der Waals surface area contributed by atoms with E-state index in [0.29, 0.717) is 113 Å². The van der Waals surface area contributed by atoms with Crippen LogP contribution in [0, 0.1) is 0 Å². The van der Waals surface area contributed by atoms with Crippen molar-refractivity contribution in [2.24, 2.45) is 19.8 Å². The average Bonchev–Trinajstić information content (AvgIpc) is 0.773. The van der Waals surface area contributed by atoms with E-state index in [4.69, 9.17) is 36.9 Å². The van der Waals surface area contributed by atoms with Gasteiger partial charge in [-0.2, -0.15) is 0 Å². The number of hydrogen-bond acceptors (Lipinski definition) is 21. The first-order valence-corrected chi connectivity index (χ1v) is 42.8. The molecule has 0 aliphatic carbocycles. The highest BCUT2D eigenvalue weighted by Crippen LogP contribution is 2.43. The van der Waals surface area contributed by atoms with Gasteiger partial charge >= 0.3 is 35.0 Å². The van der Waals surface area contributed by atoms with Crippen LogP contribution in [-0.4, -0.2) is 127 Å². The maximum absolute atomic E-state index is 13.8. The van der Waals surface area contributed by atoms with Gasteiger partial charge in [0.1, 0.15) is 35.4 Å². The summed E-state index contributed by atoms with van der Waals surface area (Å²) >= 11 is 0. The Morgan fingerprint density at radius 1 is 0.443 bits per heavy atom. The zero-order valence-electron chi connectivity index (χ0n) is 75.3. The van der Waals surface area contributed by atoms with E-state index in [0.717, 1.165) is 99.7 Å². The normalized spacial score (nSPS) is 13.4. The number of pyridine rings is 3. The number of rotatable bonds is 22. The van der Waals surface area contributed by atoms with Gasteiger partial charge in [0.05, 0.1) is 129 Å². The highest BCUT2D eigenvalue weighted by molar-refractivity contribution is 5.82. The van der Waals surface area contributed by atoms with Gasteiger partial charge in [0.25, 0.3) is 16.7 Å². The number of aryl methyl sites for hydroxylation is 2. The number of carbonyl (C=O) groups excluding carboxylic acids is 3. The van der Waals surface area contributed by atoms with Crippen LogP contribution in [0.1, 0.15) is 103 Å². The minimum atomic E-state index is -1.00. The van der Waals surface area contributed by atoms with Crippen molar-refractivity contribution >= 4 is 50.6 Å². The summed E-state index contributed by atoms with van der Waals surface area (Å²) in [5.41, 5.74) is 14.4. The molecular formula is C103H101FN12O15. The van der Waals surface area contributed by atoms with Crippen LogP contribution in [0.4, 0.5) is 4.39 Å². The number of H-pyrrole nitrogens is 1. The van der Waals surface area contributed by atoms with Gasteiger partial charge < -0.3 is 39.1 Å². The Balaban J connectivity index is 0.000000160. The van der Waals surface area contributed by atoms with Crippen molar-refractivity contribution in [1.29, 1.82) is 0 Å². The predicted molar refractivity (Wildman–Crippen MR) is 500 cm³/mol. The number of aromatic nitrogens is 9. The number of esters is 3. The number of alkyl halides is 1. The number of carbonyl (C=O) groups is 3. The summed E-state index contributed by atoms with van der Waals surface area (Å²) in [4.78, 5) is 135. The molecule has 6 aromatic heterocycles. The minimum Gasteiger partial charge on any atom is -0.491 e. The van der Waals surface area contributed by atoms with Crippen molar-refractivity contribution in [2.45, 2.75) is 101 Å². The Morgan fingerprint density at radius 3 is 1.07 bits per heavy atom. The molecule has 0 amide bonds. The number of aromatic amines is 1. The van der Waals surface area contributed by atoms with Crippen LogP contribution in [0.3, 0.4) is 0 Å². The first kappa shape index (κ1) is 89.3. The number of ether oxygens (including phenoxy) is 6. The number of fused-ring (bicyclic) bond motifs is 6. The molecule has 9 heterocycles. The molecule has 0 unspecified atom stereocenters. The molecule has 0 spiro atoms. The molecule has 5 N–H and O–H groups in total. The molecule has 3 aliphatic heterocycles. The van der Waals surface area contributed by atoms with Gasteiger partial charge in [-0.05, 0) is 161 Å². The summed E-state index contributed by atoms with van der Waals surface area (Å²) < 4.78 is 61.8. The fraction of sp³-hybridized carbons (Fsp3) is 0.243. The molecular weight excluding hydrogens is 1660 g/mol. The van der Waals surface area contributed by atoms with Crippen molar-refractivity contribution in [3.05, 3.63) is 403 Å². The Kier molecular flexibility index (Phi) is 28.5. The van der Waals surface area contributed by atoms with E-state index < -0.39 is 88.0 Å². The van der Waals surface area contributed by atoms with Crippen molar-refractivity contribution in [2.75, 3.05) is 48.3 Å². The standard InChI is InChI=1S/C40H36N4O5.C39H34N4O5.C21H22N4O5.C2H6.CH3F/c1-43-35-26-41-23-22-32(35)37(45)44(39(43)47)34-21-20-27(31-19-12-24-49-36(31)34)25-33(38(46)48-2)42-40(28-13-6-3-7-14-28,29-15-8-4-9-16-29)30-17-10-5-11-18-30;1-47-37(45)32(42-39(27-12-5-2-6-13-27,28-14-7-3-8-15-28)29-16-9-4-10-17-29)24-26-19-20-34(35-30(26)18-11-23-48-35)43-36(44)31-21-22-40-25-33(31)41-38(43)46;1-24-17-11-23-8-7-14(17)19(26)25(21(24)28)16-6-5-12(10-15(22)20(27)29-2)13-4-3-9-30-18(13)16;2*1-2/h3-11,13-18,20-23,26,33,42H,12,19,24-25H2,1-2H3;2-10,12-17,19-22,25,32,42H,11,18,23-24H2,1H3,(H,41,46);5-8,11,15H,3-4,9-10,22H2,1-2H3;1-2H3;1H3/t33-;32-;15-;;/m000../s1/i;;;2*1D. The number of benzene rings is 9. The lowest BCUT2D eigenvalue weighted by Gasteiger charge is -2.39. The van der Waals surface area contributed by atoms with Crippen LogP contribution in [0.2, 0.25) is 0 Å². The van der Waals surface area contributed by atoms with Crippen LogP contribution >= 0.6 is 0 Å². The van der Waals surface area contributed by atoms with Gasteiger partial charge in [-0.25, -0.2) is 28.1 Å². The van der Waals surface area contributed by atoms with Crippen molar-refractivity contribution in [3.63, 3.8) is 0 Å². The second-order valence-electron chi connectivity index (χ2n) is 31.1. The lowest BCUT2D eigenvalue weighted by molar-refractivity contribution is -0.144. The number of halogens is 1. The average molecular weight is 1770 g/mol. The summed E-state index contributed by atoms with van der Waals surface area (Å²) in [6.07, 6.45) is 14.1. The second-order valence-corrected chi connectivity index (χ2v) is 31.1. The van der Waals surface area contributed by atoms with Gasteiger partial charge in [-0.1, -0.05) is 214 Å². The molecule has 0 saturated carbocycles. The van der Waals surface area contributed by atoms with Crippen molar-refractivity contribution in [3.8, 4) is 34.3 Å². The lowest BCUT2D eigenvalue weighted by atomic mass is 9.76. The van der Waals surface area contributed by atoms with Crippen LogP contribution < -0.4 is 64.3 Å². The van der Waals surface area contributed by atoms with E-state index in [-0.39, 0.29) is 19.3 Å². The van der Waals surface area contributed by atoms with Gasteiger partial charge in [-0.3, -0.25) is 67.9 Å². The van der Waals surface area contributed by atoms with Gasteiger partial charge in [0.2, 0.25) is 0 Å². The molecule has 131 heavy (non-hydrogen) atoms. The summed E-state index contributed by atoms with van der Waals surface area (Å²) in [6.45, 7) is 3.64. The molecule has 15 aromatic rings. The number of nitrogens with two attached hydrogens (primary N) is 1. The van der Waals surface area contributed by atoms with E-state index in [1.165, 1.54) is 67.6 Å². The molecule has 0 saturated heterocycles. The molecule has 0 radical (unpaired) electrons. The summed E-state index contributed by atoms with van der Waals surface area (Å²) in [5, 5.41) is 8.66. The number of hydrogen-bond donors (Lipinski definition) is 4. The molecule has 27 nitrogen and oxygen atoms in total. The van der Waals surface area contributed by atoms with E-state index >= 15 is 0 Å². The first-order chi connectivity index (χ1) is 64.7. The van der Waals surface area contributed by atoms with Crippen LogP contribution in [0.5, 0.6) is 17.2 Å². The van der Waals surface area contributed by atoms with Gasteiger partial charge in [0.15, 0.2) is 0 Å². The summed E-state index contributed by atoms with van der Waals surface area (Å²) in [5.74, 6) is 0.0629. The SMILES string of the molecule is COC(=O)[C@@H](N)Cc1ccc(-n2c(=O)c3ccncc3n(C)c2=O)c2c1CCCO2.COC(=O)[C@H](Cc1ccc(-n2c(=O)[nH]c3cnccc3c2=O)c2c1CCCO2)NC(c1ccccc1)(c1ccccc1)c1ccccc1.COC(=O)[C@H](Cc1ccc(-n2c(=O)c3ccncc3n(C)c2=O)c2c1CCCO2)NC(c1ccccc1)(c1ccccc1)c1ccccc1.[2H]CC.[2H]CF. The van der Waals surface area contributed by atoms with Crippen molar-refractivity contribution in [1.82, 2.24) is 53.4 Å². The minimum absolute atomic E-state index is 0.265. The smallest absolute Gasteiger partial charge is 0.336 e. The third-order valence-corrected chi connectivity index (χ3v) is 23.8. The van der Waals surface area contributed by atoms with E-state index in [9.17, 15) is 47.5 Å². The summed E-state index contributed by atoms with van der Waals surface area (Å²) in [7, 11) is 6.29. The Bertz CT molecular complexity index is 6880. The predicted octanol–water partition coefficient (Wildman–Crippen LogP) is 12.2. The third-order valence-electron chi connectivity index (χ3n) is 23.8. The fourth-order valence-electron chi connectivity index (χ4n) is 17.7. The van der Waals surface area contributed by atoms with E-state index in [2.05, 4.69) is 103 Å². The highest BCUT2D eigenvalue weighted by atomic mass is 19.1. The Morgan fingerprint density at radius 2 is 0.740 bits per heavy atom. The lowest BCUT2D eigenvalue weighted by Crippen LogP contribution is -2.53. The topological polar surface area (TPSA) is 338 Å². The molecule has 3 atom stereocenters. The Hall–Kier alpha value is -15.1. The monoisotopic (exact) mass is 1770 g/mol. The maximum Gasteiger partial charge on any atom is 0.336 e. The first-order valence-electron chi connectivity index (χ1n) is 44.2. The third kappa shape index (κ3) is 18.4. The zero-order valence-corrected chi connectivity index (χ0v) is 73.3. The summed E-state index contributed by atoms with van der Waals surface area (Å²) in [6, 6.07) is 73.5. The van der Waals surface area contributed by atoms with E-state index in [1.54, 1.807) is 63.5 Å². The van der Waals surface area contributed by atoms with Gasteiger partial charge in [-0.15, -0.1) is 0 Å². The molecule has 28 heteroatoms. The number of methoxy groups -OCH3 is 3. The molecule has 0 fully saturated rings. The largest absolute Gasteiger partial charge is 0.491 e. The van der Waals surface area contributed by atoms with Crippen LogP contribution in [0.15, 0.2) is 303 Å².